The van der Waals surface area contributed by atoms with Gasteiger partial charge in [-0.15, -0.1) is 0 Å². The number of hydrogen-bond donors (Lipinski definition) is 1. The number of benzene rings is 1. The van der Waals surface area contributed by atoms with Crippen molar-refractivity contribution in [1.29, 1.82) is 0 Å². The Labute approximate surface area is 111 Å². The van der Waals surface area contributed by atoms with Gasteiger partial charge in [-0.3, -0.25) is 4.79 Å². The van der Waals surface area contributed by atoms with Crippen LogP contribution < -0.4 is 5.73 Å². The van der Waals surface area contributed by atoms with E-state index in [4.69, 9.17) is 17.3 Å². The zero-order chi connectivity index (χ0) is 13.9. The second-order valence-electron chi connectivity index (χ2n) is 4.06. The number of carbonyl (C=O) groups is 1. The zero-order valence-corrected chi connectivity index (χ0v) is 11.8. The number of halogens is 1. The SMILES string of the molecule is CN(CCS(C)(=O)=O)C(=O)c1c(N)cccc1Cl. The Morgan fingerprint density at radius 2 is 2.06 bits per heavy atom. The van der Waals surface area contributed by atoms with Crippen LogP contribution in [-0.2, 0) is 9.84 Å². The highest BCUT2D eigenvalue weighted by Gasteiger charge is 2.18. The van der Waals surface area contributed by atoms with Crippen molar-refractivity contribution in [2.45, 2.75) is 0 Å². The highest BCUT2D eigenvalue weighted by molar-refractivity contribution is 7.90. The summed E-state index contributed by atoms with van der Waals surface area (Å²) in [6.07, 6.45) is 1.12. The van der Waals surface area contributed by atoms with E-state index in [1.807, 2.05) is 0 Å². The quantitative estimate of drug-likeness (QED) is 0.840. The van der Waals surface area contributed by atoms with Crippen LogP contribution in [-0.4, -0.2) is 44.8 Å². The van der Waals surface area contributed by atoms with Gasteiger partial charge in [0.05, 0.1) is 16.3 Å². The van der Waals surface area contributed by atoms with Gasteiger partial charge in [0.15, 0.2) is 0 Å². The molecule has 18 heavy (non-hydrogen) atoms. The molecule has 0 bridgehead atoms. The molecule has 0 spiro atoms. The van der Waals surface area contributed by atoms with Gasteiger partial charge in [0.2, 0.25) is 0 Å². The number of anilines is 1. The Hall–Kier alpha value is -1.27. The summed E-state index contributed by atoms with van der Waals surface area (Å²) in [6, 6.07) is 4.78. The van der Waals surface area contributed by atoms with E-state index in [2.05, 4.69) is 0 Å². The molecular formula is C11H15ClN2O3S. The van der Waals surface area contributed by atoms with Crippen LogP contribution in [0.5, 0.6) is 0 Å². The van der Waals surface area contributed by atoms with E-state index in [-0.39, 0.29) is 34.5 Å². The number of carbonyl (C=O) groups excluding carboxylic acids is 1. The predicted octanol–water partition coefficient (Wildman–Crippen LogP) is 1.04. The summed E-state index contributed by atoms with van der Waals surface area (Å²) < 4.78 is 22.1. The normalized spacial score (nSPS) is 11.3. The molecule has 2 N–H and O–H groups in total. The molecule has 0 unspecified atom stereocenters. The number of hydrogen-bond acceptors (Lipinski definition) is 4. The Morgan fingerprint density at radius 3 is 2.56 bits per heavy atom. The molecule has 0 aliphatic carbocycles. The van der Waals surface area contributed by atoms with Crippen molar-refractivity contribution >= 4 is 33.0 Å². The number of nitrogens with zero attached hydrogens (tertiary/aromatic N) is 1. The molecule has 0 radical (unpaired) electrons. The molecule has 1 aromatic carbocycles. The van der Waals surface area contributed by atoms with Crippen molar-refractivity contribution in [3.8, 4) is 0 Å². The summed E-state index contributed by atoms with van der Waals surface area (Å²) in [6.45, 7) is 0.0995. The van der Waals surface area contributed by atoms with Gasteiger partial charge in [-0.05, 0) is 12.1 Å². The first-order chi connectivity index (χ1) is 8.22. The van der Waals surface area contributed by atoms with Crippen molar-refractivity contribution in [2.75, 3.05) is 31.3 Å². The molecule has 1 rings (SSSR count). The van der Waals surface area contributed by atoms with Crippen LogP contribution in [0, 0.1) is 0 Å². The first kappa shape index (κ1) is 14.8. The van der Waals surface area contributed by atoms with Crippen LogP contribution >= 0.6 is 11.6 Å². The van der Waals surface area contributed by atoms with Crippen molar-refractivity contribution in [1.82, 2.24) is 4.90 Å². The summed E-state index contributed by atoms with van der Waals surface area (Å²) >= 11 is 5.91. The van der Waals surface area contributed by atoms with Gasteiger partial charge >= 0.3 is 0 Å². The van der Waals surface area contributed by atoms with Crippen molar-refractivity contribution in [2.24, 2.45) is 0 Å². The number of sulfone groups is 1. The monoisotopic (exact) mass is 290 g/mol. The summed E-state index contributed by atoms with van der Waals surface area (Å²) in [5, 5.41) is 0.256. The van der Waals surface area contributed by atoms with Gasteiger partial charge in [0.25, 0.3) is 5.91 Å². The lowest BCUT2D eigenvalue weighted by atomic mass is 10.1. The smallest absolute Gasteiger partial charge is 0.257 e. The molecule has 7 heteroatoms. The molecule has 0 saturated heterocycles. The minimum atomic E-state index is -3.11. The maximum absolute atomic E-state index is 12.1. The molecule has 0 aliphatic rings. The van der Waals surface area contributed by atoms with E-state index in [0.29, 0.717) is 0 Å². The zero-order valence-electron chi connectivity index (χ0n) is 10.2. The van der Waals surface area contributed by atoms with Crippen LogP contribution in [0.15, 0.2) is 18.2 Å². The molecule has 1 aromatic rings. The minimum absolute atomic E-state index is 0.0976. The molecule has 0 heterocycles. The second kappa shape index (κ2) is 5.58. The van der Waals surface area contributed by atoms with Crippen molar-refractivity contribution < 1.29 is 13.2 Å². The summed E-state index contributed by atoms with van der Waals surface area (Å²) in [5.41, 5.74) is 6.17. The third-order valence-electron chi connectivity index (χ3n) is 2.40. The van der Waals surface area contributed by atoms with Gasteiger partial charge in [-0.2, -0.15) is 0 Å². The largest absolute Gasteiger partial charge is 0.398 e. The first-order valence-electron chi connectivity index (χ1n) is 5.19. The molecule has 0 saturated carbocycles. The van der Waals surface area contributed by atoms with E-state index in [0.717, 1.165) is 6.26 Å². The van der Waals surface area contributed by atoms with Crippen LogP contribution in [0.1, 0.15) is 10.4 Å². The van der Waals surface area contributed by atoms with Crippen LogP contribution in [0.3, 0.4) is 0 Å². The molecule has 0 aliphatic heterocycles. The minimum Gasteiger partial charge on any atom is -0.398 e. The highest BCUT2D eigenvalue weighted by atomic mass is 35.5. The first-order valence-corrected chi connectivity index (χ1v) is 7.63. The molecular weight excluding hydrogens is 276 g/mol. The van der Waals surface area contributed by atoms with Crippen molar-refractivity contribution in [3.63, 3.8) is 0 Å². The Morgan fingerprint density at radius 1 is 1.44 bits per heavy atom. The van der Waals surface area contributed by atoms with Crippen LogP contribution in [0.4, 0.5) is 5.69 Å². The van der Waals surface area contributed by atoms with Gasteiger partial charge in [0.1, 0.15) is 9.84 Å². The van der Waals surface area contributed by atoms with Crippen LogP contribution in [0.2, 0.25) is 5.02 Å². The maximum Gasteiger partial charge on any atom is 0.257 e. The maximum atomic E-state index is 12.1. The van der Waals surface area contributed by atoms with E-state index in [9.17, 15) is 13.2 Å². The molecule has 0 aromatic heterocycles. The Kier molecular flexibility index (Phi) is 4.59. The van der Waals surface area contributed by atoms with Gasteiger partial charge in [-0.1, -0.05) is 17.7 Å². The topological polar surface area (TPSA) is 80.5 Å². The molecule has 100 valence electrons. The van der Waals surface area contributed by atoms with Gasteiger partial charge in [0, 0.05) is 25.5 Å². The fourth-order valence-corrected chi connectivity index (χ4v) is 2.23. The summed E-state index contributed by atoms with van der Waals surface area (Å²) in [7, 11) is -1.60. The molecule has 1 amide bonds. The lowest BCUT2D eigenvalue weighted by Gasteiger charge is -2.18. The Bertz CT molecular complexity index is 537. The fourth-order valence-electron chi connectivity index (χ4n) is 1.36. The standard InChI is InChI=1S/C11H15ClN2O3S/c1-14(6-7-18(2,16)17)11(15)10-8(12)4-3-5-9(10)13/h3-5H,6-7,13H2,1-2H3. The molecule has 5 nitrogen and oxygen atoms in total. The highest BCUT2D eigenvalue weighted by Crippen LogP contribution is 2.23. The van der Waals surface area contributed by atoms with Gasteiger partial charge in [-0.25, -0.2) is 8.42 Å². The van der Waals surface area contributed by atoms with E-state index < -0.39 is 9.84 Å². The van der Waals surface area contributed by atoms with Gasteiger partial charge < -0.3 is 10.6 Å². The van der Waals surface area contributed by atoms with E-state index in [1.165, 1.54) is 11.9 Å². The average Bonchev–Trinajstić information content (AvgIpc) is 2.24. The van der Waals surface area contributed by atoms with Crippen LogP contribution in [0.25, 0.3) is 0 Å². The number of nitrogens with two attached hydrogens (primary N) is 1. The van der Waals surface area contributed by atoms with E-state index in [1.54, 1.807) is 18.2 Å². The Balaban J connectivity index is 2.87. The lowest BCUT2D eigenvalue weighted by Crippen LogP contribution is -2.32. The van der Waals surface area contributed by atoms with E-state index >= 15 is 0 Å². The third-order valence-corrected chi connectivity index (χ3v) is 3.64. The number of amides is 1. The number of rotatable bonds is 4. The van der Waals surface area contributed by atoms with Crippen molar-refractivity contribution in [3.05, 3.63) is 28.8 Å². The fraction of sp³-hybridized carbons (Fsp3) is 0.364. The number of nitrogen functional groups attached to an aromatic ring is 1. The molecule has 0 atom stereocenters. The summed E-state index contributed by atoms with van der Waals surface area (Å²) in [4.78, 5) is 13.4. The second-order valence-corrected chi connectivity index (χ2v) is 6.73. The lowest BCUT2D eigenvalue weighted by molar-refractivity contribution is 0.0804. The molecule has 0 fully saturated rings. The predicted molar refractivity (Wildman–Crippen MR) is 72.5 cm³/mol. The third kappa shape index (κ3) is 3.89. The summed E-state index contributed by atoms with van der Waals surface area (Å²) in [5.74, 6) is -0.485. The average molecular weight is 291 g/mol.